The highest BCUT2D eigenvalue weighted by molar-refractivity contribution is 7.53. The van der Waals surface area contributed by atoms with Crippen LogP contribution in [0.5, 0.6) is 0 Å². The first-order valence-electron chi connectivity index (χ1n) is 5.98. The first-order valence-corrected chi connectivity index (χ1v) is 7.71. The quantitative estimate of drug-likeness (QED) is 0.560. The molecule has 0 heterocycles. The van der Waals surface area contributed by atoms with Crippen molar-refractivity contribution >= 4 is 13.4 Å². The molecule has 1 aromatic rings. The van der Waals surface area contributed by atoms with Crippen LogP contribution in [0, 0.1) is 0 Å². The molecule has 0 atom stereocenters. The molecule has 0 saturated carbocycles. The lowest BCUT2D eigenvalue weighted by molar-refractivity contribution is 0.101. The van der Waals surface area contributed by atoms with E-state index in [1.165, 1.54) is 6.92 Å². The van der Waals surface area contributed by atoms with Gasteiger partial charge in [0.15, 0.2) is 5.78 Å². The van der Waals surface area contributed by atoms with Crippen LogP contribution in [-0.4, -0.2) is 19.0 Å². The van der Waals surface area contributed by atoms with E-state index in [2.05, 4.69) is 0 Å². The molecule has 18 heavy (non-hydrogen) atoms. The molecule has 1 rings (SSSR count). The van der Waals surface area contributed by atoms with E-state index in [0.717, 1.165) is 5.56 Å². The molecule has 0 bridgehead atoms. The zero-order chi connectivity index (χ0) is 13.6. The van der Waals surface area contributed by atoms with Crippen molar-refractivity contribution in [2.45, 2.75) is 26.9 Å². The molecule has 0 unspecified atom stereocenters. The zero-order valence-electron chi connectivity index (χ0n) is 11.0. The van der Waals surface area contributed by atoms with Gasteiger partial charge in [-0.3, -0.25) is 9.36 Å². The zero-order valence-corrected chi connectivity index (χ0v) is 11.9. The Bertz CT molecular complexity index is 429. The maximum absolute atomic E-state index is 12.3. The molecule has 100 valence electrons. The Kier molecular flexibility index (Phi) is 5.73. The smallest absolute Gasteiger partial charge is 0.309 e. The van der Waals surface area contributed by atoms with Crippen molar-refractivity contribution in [3.63, 3.8) is 0 Å². The summed E-state index contributed by atoms with van der Waals surface area (Å²) in [6.45, 7) is 5.78. The third-order valence-electron chi connectivity index (χ3n) is 2.39. The lowest BCUT2D eigenvalue weighted by atomic mass is 10.1. The molecular formula is C13H19O4P. The molecule has 0 aromatic heterocycles. The molecule has 0 N–H and O–H groups in total. The van der Waals surface area contributed by atoms with E-state index in [1.54, 1.807) is 38.1 Å². The normalized spacial score (nSPS) is 11.5. The van der Waals surface area contributed by atoms with Gasteiger partial charge >= 0.3 is 7.60 Å². The van der Waals surface area contributed by atoms with Gasteiger partial charge in [-0.05, 0) is 26.3 Å². The van der Waals surface area contributed by atoms with Crippen LogP contribution in [0.3, 0.4) is 0 Å². The highest BCUT2D eigenvalue weighted by Gasteiger charge is 2.23. The summed E-state index contributed by atoms with van der Waals surface area (Å²) in [6.07, 6.45) is 0.229. The van der Waals surface area contributed by atoms with E-state index in [4.69, 9.17) is 9.05 Å². The molecule has 0 aliphatic rings. The predicted octanol–water partition coefficient (Wildman–Crippen LogP) is 3.66. The van der Waals surface area contributed by atoms with Crippen LogP contribution in [0.4, 0.5) is 0 Å². The van der Waals surface area contributed by atoms with E-state index in [-0.39, 0.29) is 11.9 Å². The molecule has 1 aromatic carbocycles. The molecule has 0 aliphatic carbocycles. The van der Waals surface area contributed by atoms with Crippen LogP contribution in [0.15, 0.2) is 24.3 Å². The summed E-state index contributed by atoms with van der Waals surface area (Å²) < 4.78 is 22.7. The van der Waals surface area contributed by atoms with E-state index in [1.807, 2.05) is 0 Å². The van der Waals surface area contributed by atoms with Crippen LogP contribution in [0.1, 0.15) is 36.7 Å². The monoisotopic (exact) mass is 270 g/mol. The van der Waals surface area contributed by atoms with Gasteiger partial charge in [0, 0.05) is 5.56 Å². The van der Waals surface area contributed by atoms with Gasteiger partial charge in [0.1, 0.15) is 0 Å². The maximum Gasteiger partial charge on any atom is 0.335 e. The fraction of sp³-hybridized carbons (Fsp3) is 0.462. The summed E-state index contributed by atoms with van der Waals surface area (Å²) in [5.74, 6) is 0.0133. The van der Waals surface area contributed by atoms with Gasteiger partial charge in [0.2, 0.25) is 0 Å². The third-order valence-corrected chi connectivity index (χ3v) is 4.44. The summed E-state index contributed by atoms with van der Waals surface area (Å²) in [7, 11) is -3.07. The van der Waals surface area contributed by atoms with E-state index in [9.17, 15) is 9.36 Å². The summed E-state index contributed by atoms with van der Waals surface area (Å²) in [4.78, 5) is 11.1. The molecule has 0 aliphatic heterocycles. The lowest BCUT2D eigenvalue weighted by Crippen LogP contribution is -1.99. The Hall–Kier alpha value is -0.960. The number of benzene rings is 1. The van der Waals surface area contributed by atoms with Crippen molar-refractivity contribution in [2.24, 2.45) is 0 Å². The molecule has 5 heteroatoms. The maximum atomic E-state index is 12.3. The number of Topliss-reactive ketones (excluding diaryl/α,β-unsaturated/α-hetero) is 1. The van der Waals surface area contributed by atoms with Gasteiger partial charge in [-0.15, -0.1) is 0 Å². The Balaban J connectivity index is 2.81. The number of ketones is 1. The van der Waals surface area contributed by atoms with Crippen molar-refractivity contribution in [3.05, 3.63) is 35.4 Å². The highest BCUT2D eigenvalue weighted by atomic mass is 31.2. The number of hydrogen-bond acceptors (Lipinski definition) is 4. The standard InChI is InChI=1S/C13H19O4P/c1-4-16-18(15,17-5-2)10-12-6-8-13(9-7-12)11(3)14/h6-9H,4-5,10H2,1-3H3. The molecule has 0 amide bonds. The van der Waals surface area contributed by atoms with Gasteiger partial charge in [-0.2, -0.15) is 0 Å². The molecule has 4 nitrogen and oxygen atoms in total. The minimum Gasteiger partial charge on any atom is -0.309 e. The summed E-state index contributed by atoms with van der Waals surface area (Å²) in [5.41, 5.74) is 1.48. The molecule has 0 radical (unpaired) electrons. The lowest BCUT2D eigenvalue weighted by Gasteiger charge is -2.16. The van der Waals surface area contributed by atoms with E-state index < -0.39 is 7.60 Å². The number of carbonyl (C=O) groups excluding carboxylic acids is 1. The molecule has 0 spiro atoms. The van der Waals surface area contributed by atoms with Crippen molar-refractivity contribution in [1.29, 1.82) is 0 Å². The minimum absolute atomic E-state index is 0.0133. The molecular weight excluding hydrogens is 251 g/mol. The highest BCUT2D eigenvalue weighted by Crippen LogP contribution is 2.51. The van der Waals surface area contributed by atoms with Crippen LogP contribution >= 0.6 is 7.60 Å². The number of rotatable bonds is 7. The summed E-state index contributed by atoms with van der Waals surface area (Å²) in [6, 6.07) is 7.00. The van der Waals surface area contributed by atoms with E-state index in [0.29, 0.717) is 18.8 Å². The predicted molar refractivity (Wildman–Crippen MR) is 71.0 cm³/mol. The molecule has 0 saturated heterocycles. The van der Waals surface area contributed by atoms with Crippen molar-refractivity contribution in [2.75, 3.05) is 13.2 Å². The van der Waals surface area contributed by atoms with E-state index >= 15 is 0 Å². The van der Waals surface area contributed by atoms with Gasteiger partial charge in [0.05, 0.1) is 19.4 Å². The van der Waals surface area contributed by atoms with Gasteiger partial charge < -0.3 is 9.05 Å². The van der Waals surface area contributed by atoms with Gasteiger partial charge in [0.25, 0.3) is 0 Å². The van der Waals surface area contributed by atoms with Crippen LogP contribution in [-0.2, 0) is 19.8 Å². The van der Waals surface area contributed by atoms with Gasteiger partial charge in [-0.1, -0.05) is 24.3 Å². The third kappa shape index (κ3) is 4.37. The summed E-state index contributed by atoms with van der Waals surface area (Å²) in [5, 5.41) is 0. The summed E-state index contributed by atoms with van der Waals surface area (Å²) >= 11 is 0. The van der Waals surface area contributed by atoms with Crippen LogP contribution < -0.4 is 0 Å². The second-order valence-corrected chi connectivity index (χ2v) is 5.91. The molecule has 0 fully saturated rings. The first kappa shape index (κ1) is 15.1. The number of hydrogen-bond donors (Lipinski definition) is 0. The Morgan fingerprint density at radius 3 is 2.00 bits per heavy atom. The SMILES string of the molecule is CCOP(=O)(Cc1ccc(C(C)=O)cc1)OCC. The van der Waals surface area contributed by atoms with Crippen LogP contribution in [0.2, 0.25) is 0 Å². The van der Waals surface area contributed by atoms with Crippen LogP contribution in [0.25, 0.3) is 0 Å². The first-order chi connectivity index (χ1) is 8.50. The average Bonchev–Trinajstić information content (AvgIpc) is 2.30. The second kappa shape index (κ2) is 6.83. The van der Waals surface area contributed by atoms with Crippen molar-refractivity contribution < 1.29 is 18.4 Å². The van der Waals surface area contributed by atoms with Crippen molar-refractivity contribution in [1.82, 2.24) is 0 Å². The average molecular weight is 270 g/mol. The number of carbonyl (C=O) groups is 1. The van der Waals surface area contributed by atoms with Crippen molar-refractivity contribution in [3.8, 4) is 0 Å². The Labute approximate surface area is 108 Å². The van der Waals surface area contributed by atoms with Gasteiger partial charge in [-0.25, -0.2) is 0 Å². The second-order valence-electron chi connectivity index (χ2n) is 3.86. The minimum atomic E-state index is -3.07. The fourth-order valence-electron chi connectivity index (χ4n) is 1.59. The topological polar surface area (TPSA) is 52.6 Å². The Morgan fingerprint density at radius 1 is 1.11 bits per heavy atom. The fourth-order valence-corrected chi connectivity index (χ4v) is 3.29. The Morgan fingerprint density at radius 2 is 1.61 bits per heavy atom. The largest absolute Gasteiger partial charge is 0.335 e.